The van der Waals surface area contributed by atoms with Gasteiger partial charge in [-0.05, 0) is 48.9 Å². The summed E-state index contributed by atoms with van der Waals surface area (Å²) in [6.07, 6.45) is 1.15. The minimum atomic E-state index is -3.28. The normalized spacial score (nSPS) is 14.5. The molecule has 0 atom stereocenters. The molecular formula is C18H19ClN4O2S. The lowest BCUT2D eigenvalue weighted by Gasteiger charge is -2.30. The average Bonchev–Trinajstić information content (AvgIpc) is 2.92. The zero-order valence-corrected chi connectivity index (χ0v) is 16.1. The van der Waals surface area contributed by atoms with E-state index in [-0.39, 0.29) is 0 Å². The lowest BCUT2D eigenvalue weighted by molar-refractivity contribution is 0.571. The average molecular weight is 391 g/mol. The highest BCUT2D eigenvalue weighted by atomic mass is 35.5. The summed E-state index contributed by atoms with van der Waals surface area (Å²) >= 11 is 6.08. The molecule has 3 aromatic rings. The van der Waals surface area contributed by atoms with Crippen molar-refractivity contribution in [2.24, 2.45) is 0 Å². The summed E-state index contributed by atoms with van der Waals surface area (Å²) in [6.45, 7) is 4.30. The third kappa shape index (κ3) is 3.24. The number of halogens is 1. The molecule has 0 saturated carbocycles. The summed E-state index contributed by atoms with van der Waals surface area (Å²) in [4.78, 5) is 6.97. The van der Waals surface area contributed by atoms with E-state index in [1.807, 2.05) is 43.3 Å². The molecule has 0 amide bonds. The minimum absolute atomic E-state index is 0.607. The Morgan fingerprint density at radius 3 is 2.69 bits per heavy atom. The Bertz CT molecular complexity index is 1110. The number of nitrogens with one attached hydrogen (secondary N) is 1. The van der Waals surface area contributed by atoms with Crippen LogP contribution in [-0.2, 0) is 23.1 Å². The first kappa shape index (κ1) is 17.2. The summed E-state index contributed by atoms with van der Waals surface area (Å²) in [5.74, 6) is 1.00. The molecule has 1 aliphatic heterocycles. The van der Waals surface area contributed by atoms with Crippen LogP contribution in [0.2, 0.25) is 5.02 Å². The van der Waals surface area contributed by atoms with E-state index in [1.54, 1.807) is 0 Å². The highest BCUT2D eigenvalue weighted by Gasteiger charge is 2.21. The molecule has 4 rings (SSSR count). The van der Waals surface area contributed by atoms with Gasteiger partial charge in [0, 0.05) is 23.8 Å². The predicted octanol–water partition coefficient (Wildman–Crippen LogP) is 3.39. The van der Waals surface area contributed by atoms with Crippen molar-refractivity contribution in [1.82, 2.24) is 9.55 Å². The maximum absolute atomic E-state index is 11.4. The molecule has 0 spiro atoms. The lowest BCUT2D eigenvalue weighted by Crippen LogP contribution is -2.33. The molecule has 0 unspecified atom stereocenters. The second-order valence-corrected chi connectivity index (χ2v) is 8.79. The van der Waals surface area contributed by atoms with Gasteiger partial charge < -0.3 is 9.47 Å². The molecule has 0 aliphatic carbocycles. The Hall–Kier alpha value is -2.25. The van der Waals surface area contributed by atoms with Gasteiger partial charge in [-0.1, -0.05) is 11.6 Å². The predicted molar refractivity (Wildman–Crippen MR) is 105 cm³/mol. The molecule has 136 valence electrons. The quantitative estimate of drug-likeness (QED) is 0.744. The van der Waals surface area contributed by atoms with Gasteiger partial charge in [0.15, 0.2) is 0 Å². The zero-order valence-electron chi connectivity index (χ0n) is 14.5. The van der Waals surface area contributed by atoms with Gasteiger partial charge in [-0.2, -0.15) is 0 Å². The minimum Gasteiger partial charge on any atom is -0.362 e. The van der Waals surface area contributed by atoms with Gasteiger partial charge in [-0.15, -0.1) is 0 Å². The number of aryl methyl sites for hydroxylation is 1. The Balaban J connectivity index is 1.63. The maximum atomic E-state index is 11.4. The number of anilines is 2. The summed E-state index contributed by atoms with van der Waals surface area (Å²) in [5.41, 5.74) is 4.57. The second-order valence-electron chi connectivity index (χ2n) is 6.61. The van der Waals surface area contributed by atoms with Crippen molar-refractivity contribution in [2.45, 2.75) is 20.0 Å². The summed E-state index contributed by atoms with van der Waals surface area (Å²) in [6, 6.07) is 11.5. The fraction of sp³-hybridized carbons (Fsp3) is 0.278. The summed E-state index contributed by atoms with van der Waals surface area (Å²) in [7, 11) is -3.28. The molecule has 1 aromatic heterocycles. The molecule has 1 aliphatic rings. The summed E-state index contributed by atoms with van der Waals surface area (Å²) in [5, 5.41) is 0.689. The largest absolute Gasteiger partial charge is 0.362 e. The molecule has 2 aromatic carbocycles. The Morgan fingerprint density at radius 2 is 1.96 bits per heavy atom. The zero-order chi connectivity index (χ0) is 18.5. The van der Waals surface area contributed by atoms with Gasteiger partial charge in [0.25, 0.3) is 0 Å². The molecule has 0 saturated heterocycles. The van der Waals surface area contributed by atoms with Gasteiger partial charge in [0.05, 0.1) is 29.5 Å². The first-order valence-electron chi connectivity index (χ1n) is 8.28. The van der Waals surface area contributed by atoms with Crippen molar-refractivity contribution in [3.63, 3.8) is 0 Å². The van der Waals surface area contributed by atoms with E-state index in [2.05, 4.69) is 14.2 Å². The number of imidazole rings is 1. The van der Waals surface area contributed by atoms with Crippen molar-refractivity contribution in [3.8, 4) is 0 Å². The van der Waals surface area contributed by atoms with Crippen LogP contribution in [0.4, 0.5) is 11.4 Å². The van der Waals surface area contributed by atoms with Gasteiger partial charge in [-0.3, -0.25) is 4.72 Å². The number of hydrogen-bond acceptors (Lipinski definition) is 4. The molecule has 0 radical (unpaired) electrons. The SMILES string of the molecule is Cc1cc(N2CCn3c(nc4cc(Cl)ccc43)C2)ccc1NS(C)(=O)=O. The van der Waals surface area contributed by atoms with Gasteiger partial charge in [-0.25, -0.2) is 13.4 Å². The maximum Gasteiger partial charge on any atom is 0.229 e. The number of benzene rings is 2. The van der Waals surface area contributed by atoms with Crippen molar-refractivity contribution >= 4 is 44.0 Å². The number of sulfonamides is 1. The van der Waals surface area contributed by atoms with Crippen LogP contribution < -0.4 is 9.62 Å². The van der Waals surface area contributed by atoms with Crippen LogP contribution in [-0.4, -0.2) is 30.8 Å². The standard InChI is InChI=1S/C18H19ClN4O2S/c1-12-9-14(4-5-15(12)21-26(2,24)25)22-7-8-23-17-6-3-13(19)10-16(17)20-18(23)11-22/h3-6,9-10,21H,7-8,11H2,1-2H3. The Morgan fingerprint density at radius 1 is 1.15 bits per heavy atom. The van der Waals surface area contributed by atoms with Crippen LogP contribution in [0.3, 0.4) is 0 Å². The van der Waals surface area contributed by atoms with E-state index in [0.717, 1.165) is 47.5 Å². The van der Waals surface area contributed by atoms with Gasteiger partial charge >= 0.3 is 0 Å². The van der Waals surface area contributed by atoms with E-state index in [9.17, 15) is 8.42 Å². The molecule has 0 bridgehead atoms. The number of fused-ring (bicyclic) bond motifs is 3. The highest BCUT2D eigenvalue weighted by molar-refractivity contribution is 7.92. The van der Waals surface area contributed by atoms with Crippen LogP contribution in [0.15, 0.2) is 36.4 Å². The highest BCUT2D eigenvalue weighted by Crippen LogP contribution is 2.28. The molecular weight excluding hydrogens is 372 g/mol. The third-order valence-electron chi connectivity index (χ3n) is 4.59. The van der Waals surface area contributed by atoms with Gasteiger partial charge in [0.2, 0.25) is 10.0 Å². The van der Waals surface area contributed by atoms with Crippen LogP contribution in [0.5, 0.6) is 0 Å². The first-order valence-corrected chi connectivity index (χ1v) is 10.6. The van der Waals surface area contributed by atoms with Crippen molar-refractivity contribution < 1.29 is 8.42 Å². The molecule has 6 nitrogen and oxygen atoms in total. The van der Waals surface area contributed by atoms with E-state index in [4.69, 9.17) is 16.6 Å². The van der Waals surface area contributed by atoms with E-state index in [1.165, 1.54) is 0 Å². The number of rotatable bonds is 3. The topological polar surface area (TPSA) is 67.2 Å². The number of hydrogen-bond donors (Lipinski definition) is 1. The van der Waals surface area contributed by atoms with E-state index in [0.29, 0.717) is 17.3 Å². The molecule has 0 fully saturated rings. The Labute approximate surface area is 157 Å². The van der Waals surface area contributed by atoms with Gasteiger partial charge in [0.1, 0.15) is 5.82 Å². The van der Waals surface area contributed by atoms with Crippen LogP contribution in [0.1, 0.15) is 11.4 Å². The van der Waals surface area contributed by atoms with Crippen LogP contribution in [0, 0.1) is 6.92 Å². The smallest absolute Gasteiger partial charge is 0.229 e. The van der Waals surface area contributed by atoms with E-state index < -0.39 is 10.0 Å². The fourth-order valence-corrected chi connectivity index (χ4v) is 4.17. The molecule has 2 heterocycles. The van der Waals surface area contributed by atoms with Crippen LogP contribution in [0.25, 0.3) is 11.0 Å². The second kappa shape index (κ2) is 6.17. The monoisotopic (exact) mass is 390 g/mol. The number of nitrogens with zero attached hydrogens (tertiary/aromatic N) is 3. The fourth-order valence-electron chi connectivity index (χ4n) is 3.37. The molecule has 26 heavy (non-hydrogen) atoms. The van der Waals surface area contributed by atoms with Crippen LogP contribution >= 0.6 is 11.6 Å². The van der Waals surface area contributed by atoms with Crippen molar-refractivity contribution in [1.29, 1.82) is 0 Å². The number of aromatic nitrogens is 2. The third-order valence-corrected chi connectivity index (χ3v) is 5.41. The van der Waals surface area contributed by atoms with Crippen molar-refractivity contribution in [2.75, 3.05) is 22.4 Å². The molecule has 1 N–H and O–H groups in total. The first-order chi connectivity index (χ1) is 12.3. The molecule has 8 heteroatoms. The van der Waals surface area contributed by atoms with E-state index >= 15 is 0 Å². The summed E-state index contributed by atoms with van der Waals surface area (Å²) < 4.78 is 27.7. The Kier molecular flexibility index (Phi) is 4.08. The lowest BCUT2D eigenvalue weighted by atomic mass is 10.1. The van der Waals surface area contributed by atoms with Crippen molar-refractivity contribution in [3.05, 3.63) is 52.8 Å².